The number of aromatic nitrogens is 2. The van der Waals surface area contributed by atoms with E-state index in [0.717, 1.165) is 62.0 Å². The molecule has 0 spiro atoms. The average Bonchev–Trinajstić information content (AvgIpc) is 3.56. The lowest BCUT2D eigenvalue weighted by atomic mass is 9.82. The number of nitrogens with zero attached hydrogens (tertiary/aromatic N) is 2. The van der Waals surface area contributed by atoms with Crippen LogP contribution in [0.3, 0.4) is 0 Å². The van der Waals surface area contributed by atoms with Crippen molar-refractivity contribution in [2.24, 2.45) is 5.92 Å². The smallest absolute Gasteiger partial charge is 0.225 e. The second-order valence-electron chi connectivity index (χ2n) is 9.67. The number of carbonyl (C=O) groups is 1. The third-order valence-electron chi connectivity index (χ3n) is 7.48. The van der Waals surface area contributed by atoms with E-state index in [-0.39, 0.29) is 17.7 Å². The number of piperidine rings is 1. The van der Waals surface area contributed by atoms with E-state index in [4.69, 9.17) is 0 Å². The Bertz CT molecular complexity index is 1100. The minimum atomic E-state index is -0.265. The van der Waals surface area contributed by atoms with E-state index < -0.39 is 0 Å². The summed E-state index contributed by atoms with van der Waals surface area (Å²) in [7, 11) is 0. The highest BCUT2D eigenvalue weighted by Gasteiger charge is 2.36. The Morgan fingerprint density at radius 1 is 1.06 bits per heavy atom. The molecule has 5 heteroatoms. The van der Waals surface area contributed by atoms with Crippen LogP contribution in [0.5, 0.6) is 0 Å². The molecule has 172 valence electrons. The molecule has 1 aliphatic heterocycles. The minimum absolute atomic E-state index is 0.176. The van der Waals surface area contributed by atoms with Crippen LogP contribution in [0.2, 0.25) is 0 Å². The van der Waals surface area contributed by atoms with Gasteiger partial charge in [0.15, 0.2) is 0 Å². The van der Waals surface area contributed by atoms with Gasteiger partial charge in [-0.1, -0.05) is 56.2 Å². The normalized spacial score (nSPS) is 21.5. The number of aryl methyl sites for hydroxylation is 1. The highest BCUT2D eigenvalue weighted by atomic mass is 19.1. The predicted octanol–water partition coefficient (Wildman–Crippen LogP) is 6.07. The number of hydrogen-bond donors (Lipinski definition) is 1. The third-order valence-corrected chi connectivity index (χ3v) is 7.48. The van der Waals surface area contributed by atoms with Crippen LogP contribution in [0.25, 0.3) is 11.3 Å². The van der Waals surface area contributed by atoms with Crippen LogP contribution in [0.4, 0.5) is 4.39 Å². The highest BCUT2D eigenvalue weighted by Crippen LogP contribution is 2.38. The number of hydrogen-bond acceptors (Lipinski definition) is 2. The molecule has 2 unspecified atom stereocenters. The van der Waals surface area contributed by atoms with E-state index in [2.05, 4.69) is 46.3 Å². The van der Waals surface area contributed by atoms with Crippen LogP contribution in [0.1, 0.15) is 67.7 Å². The maximum atomic E-state index is 13.7. The number of benzene rings is 2. The van der Waals surface area contributed by atoms with Gasteiger partial charge >= 0.3 is 0 Å². The zero-order valence-corrected chi connectivity index (χ0v) is 19.3. The minimum Gasteiger partial charge on any atom is -0.341 e. The number of rotatable bonds is 5. The molecule has 2 fully saturated rings. The molecule has 2 atom stereocenters. The lowest BCUT2D eigenvalue weighted by Crippen LogP contribution is -2.44. The van der Waals surface area contributed by atoms with Crippen molar-refractivity contribution in [1.82, 2.24) is 15.1 Å². The number of H-pyrrole nitrogens is 1. The van der Waals surface area contributed by atoms with Crippen molar-refractivity contribution >= 4 is 5.91 Å². The maximum absolute atomic E-state index is 13.7. The Morgan fingerprint density at radius 2 is 1.82 bits per heavy atom. The maximum Gasteiger partial charge on any atom is 0.225 e. The summed E-state index contributed by atoms with van der Waals surface area (Å²) in [5, 5.41) is 7.68. The topological polar surface area (TPSA) is 49.0 Å². The van der Waals surface area contributed by atoms with Gasteiger partial charge in [-0.15, -0.1) is 0 Å². The van der Waals surface area contributed by atoms with E-state index in [1.807, 2.05) is 12.1 Å². The number of nitrogens with one attached hydrogen (secondary N) is 1. The van der Waals surface area contributed by atoms with Gasteiger partial charge in [0.05, 0.1) is 5.69 Å². The quantitative estimate of drug-likeness (QED) is 0.518. The SMILES string of the molecule is CCc1ccc(C2CC(c3cc(-c4cccc(F)c4)n[nH]3)CN(C(=O)C3CCCC3)C2)cc1. The van der Waals surface area contributed by atoms with Gasteiger partial charge in [-0.25, -0.2) is 4.39 Å². The molecule has 5 rings (SSSR count). The van der Waals surface area contributed by atoms with E-state index in [9.17, 15) is 9.18 Å². The molecule has 2 aliphatic rings. The van der Waals surface area contributed by atoms with Crippen molar-refractivity contribution in [1.29, 1.82) is 0 Å². The van der Waals surface area contributed by atoms with E-state index in [1.165, 1.54) is 23.3 Å². The van der Waals surface area contributed by atoms with Crippen LogP contribution >= 0.6 is 0 Å². The molecule has 1 aliphatic carbocycles. The number of likely N-dealkylation sites (tertiary alicyclic amines) is 1. The first-order valence-electron chi connectivity index (χ1n) is 12.3. The van der Waals surface area contributed by atoms with Crippen LogP contribution in [-0.4, -0.2) is 34.1 Å². The summed E-state index contributed by atoms with van der Waals surface area (Å²) in [6, 6.07) is 17.4. The van der Waals surface area contributed by atoms with Crippen LogP contribution in [0, 0.1) is 11.7 Å². The molecule has 0 bridgehead atoms. The number of halogens is 1. The molecule has 1 N–H and O–H groups in total. The first-order valence-corrected chi connectivity index (χ1v) is 12.3. The molecule has 2 heterocycles. The molecule has 1 aromatic heterocycles. The van der Waals surface area contributed by atoms with E-state index in [1.54, 1.807) is 6.07 Å². The van der Waals surface area contributed by atoms with Crippen molar-refractivity contribution in [3.8, 4) is 11.3 Å². The number of aromatic amines is 1. The molecule has 3 aromatic rings. The predicted molar refractivity (Wildman–Crippen MR) is 128 cm³/mol. The van der Waals surface area contributed by atoms with Gasteiger partial charge in [-0.3, -0.25) is 9.89 Å². The van der Waals surface area contributed by atoms with Gasteiger partial charge in [-0.2, -0.15) is 5.10 Å². The van der Waals surface area contributed by atoms with Crippen molar-refractivity contribution in [3.63, 3.8) is 0 Å². The Morgan fingerprint density at radius 3 is 2.55 bits per heavy atom. The zero-order valence-electron chi connectivity index (χ0n) is 19.3. The van der Waals surface area contributed by atoms with Gasteiger partial charge < -0.3 is 4.90 Å². The Labute approximate surface area is 195 Å². The molecule has 1 amide bonds. The Balaban J connectivity index is 1.42. The summed E-state index contributed by atoms with van der Waals surface area (Å²) < 4.78 is 13.7. The van der Waals surface area contributed by atoms with Gasteiger partial charge in [0, 0.05) is 42.1 Å². The molecule has 1 saturated carbocycles. The Hall–Kier alpha value is -2.95. The highest BCUT2D eigenvalue weighted by molar-refractivity contribution is 5.79. The molecule has 1 saturated heterocycles. The molecule has 2 aromatic carbocycles. The first-order chi connectivity index (χ1) is 16.1. The van der Waals surface area contributed by atoms with Gasteiger partial charge in [0.1, 0.15) is 5.82 Å². The van der Waals surface area contributed by atoms with E-state index in [0.29, 0.717) is 18.4 Å². The molecule has 4 nitrogen and oxygen atoms in total. The molecular formula is C28H32FN3O. The summed E-state index contributed by atoms with van der Waals surface area (Å²) in [4.78, 5) is 15.5. The summed E-state index contributed by atoms with van der Waals surface area (Å²) in [6.07, 6.45) is 6.34. The van der Waals surface area contributed by atoms with Crippen LogP contribution in [0.15, 0.2) is 54.6 Å². The van der Waals surface area contributed by atoms with Gasteiger partial charge in [0.25, 0.3) is 0 Å². The third kappa shape index (κ3) is 4.73. The van der Waals surface area contributed by atoms with E-state index >= 15 is 0 Å². The van der Waals surface area contributed by atoms with Crippen LogP contribution in [-0.2, 0) is 11.2 Å². The second-order valence-corrected chi connectivity index (χ2v) is 9.67. The molecule has 33 heavy (non-hydrogen) atoms. The summed E-state index contributed by atoms with van der Waals surface area (Å²) >= 11 is 0. The average molecular weight is 446 g/mol. The van der Waals surface area contributed by atoms with Gasteiger partial charge in [-0.05, 0) is 55.0 Å². The zero-order chi connectivity index (χ0) is 22.8. The van der Waals surface area contributed by atoms with Crippen molar-refractivity contribution < 1.29 is 9.18 Å². The standard InChI is InChI=1S/C28H32FN3O/c1-2-19-10-12-20(13-11-19)23-14-24(18-32(17-23)28(33)21-6-3-4-7-21)27-16-26(30-31-27)22-8-5-9-25(29)15-22/h5,8-13,15-16,21,23-24H,2-4,6-7,14,17-18H2,1H3,(H,30,31). The molecule has 0 radical (unpaired) electrons. The Kier molecular flexibility index (Phi) is 6.30. The monoisotopic (exact) mass is 445 g/mol. The molecular weight excluding hydrogens is 413 g/mol. The van der Waals surface area contributed by atoms with Crippen molar-refractivity contribution in [2.45, 2.75) is 57.3 Å². The lowest BCUT2D eigenvalue weighted by Gasteiger charge is -2.39. The summed E-state index contributed by atoms with van der Waals surface area (Å²) in [5.74, 6) is 0.697. The fraction of sp³-hybridized carbons (Fsp3) is 0.429. The summed E-state index contributed by atoms with van der Waals surface area (Å²) in [5.41, 5.74) is 5.16. The van der Waals surface area contributed by atoms with Crippen LogP contribution < -0.4 is 0 Å². The largest absolute Gasteiger partial charge is 0.341 e. The lowest BCUT2D eigenvalue weighted by molar-refractivity contribution is -0.137. The van der Waals surface area contributed by atoms with Crippen molar-refractivity contribution in [3.05, 3.63) is 77.2 Å². The fourth-order valence-corrected chi connectivity index (χ4v) is 5.54. The van der Waals surface area contributed by atoms with Crippen molar-refractivity contribution in [2.75, 3.05) is 13.1 Å². The number of carbonyl (C=O) groups excluding carboxylic acids is 1. The van der Waals surface area contributed by atoms with Gasteiger partial charge in [0.2, 0.25) is 5.91 Å². The second kappa shape index (κ2) is 9.50. The summed E-state index contributed by atoms with van der Waals surface area (Å²) in [6.45, 7) is 3.66. The number of amides is 1. The first kappa shape index (κ1) is 21.9. The fourth-order valence-electron chi connectivity index (χ4n) is 5.54.